The number of benzene rings is 2. The van der Waals surface area contributed by atoms with Gasteiger partial charge in [0, 0.05) is 5.56 Å². The summed E-state index contributed by atoms with van der Waals surface area (Å²) in [6.45, 7) is 1.44. The maximum Gasteiger partial charge on any atom is 0.416 e. The Balaban J connectivity index is 2.47. The number of halogens is 5. The maximum absolute atomic E-state index is 13.7. The SMILES string of the molecule is Cc1cc(C(O)c2cc(C(F)(F)F)ccc2F)ccc1F. The van der Waals surface area contributed by atoms with Crippen molar-refractivity contribution in [3.8, 4) is 0 Å². The van der Waals surface area contributed by atoms with Crippen molar-refractivity contribution >= 4 is 0 Å². The Morgan fingerprint density at radius 1 is 0.952 bits per heavy atom. The summed E-state index contributed by atoms with van der Waals surface area (Å²) in [6, 6.07) is 5.34. The third-order valence-corrected chi connectivity index (χ3v) is 3.12. The van der Waals surface area contributed by atoms with E-state index in [1.807, 2.05) is 0 Å². The average Bonchev–Trinajstić information content (AvgIpc) is 2.40. The van der Waals surface area contributed by atoms with E-state index in [9.17, 15) is 27.1 Å². The van der Waals surface area contributed by atoms with Gasteiger partial charge < -0.3 is 5.11 Å². The van der Waals surface area contributed by atoms with Gasteiger partial charge in [0.05, 0.1) is 5.56 Å². The number of rotatable bonds is 2. The number of aryl methyl sites for hydroxylation is 1. The molecule has 21 heavy (non-hydrogen) atoms. The topological polar surface area (TPSA) is 20.2 Å². The van der Waals surface area contributed by atoms with Gasteiger partial charge in [-0.1, -0.05) is 12.1 Å². The summed E-state index contributed by atoms with van der Waals surface area (Å²) >= 11 is 0. The van der Waals surface area contributed by atoms with Crippen LogP contribution in [0.1, 0.15) is 28.4 Å². The summed E-state index contributed by atoms with van der Waals surface area (Å²) < 4.78 is 64.7. The van der Waals surface area contributed by atoms with E-state index in [0.29, 0.717) is 18.2 Å². The first-order chi connectivity index (χ1) is 9.70. The fourth-order valence-corrected chi connectivity index (χ4v) is 1.95. The van der Waals surface area contributed by atoms with Crippen molar-refractivity contribution in [2.24, 2.45) is 0 Å². The molecule has 0 bridgehead atoms. The Bertz CT molecular complexity index is 664. The molecule has 1 nitrogen and oxygen atoms in total. The summed E-state index contributed by atoms with van der Waals surface area (Å²) in [5, 5.41) is 10.0. The zero-order valence-corrected chi connectivity index (χ0v) is 10.9. The Labute approximate surface area is 117 Å². The van der Waals surface area contributed by atoms with Crippen molar-refractivity contribution in [2.75, 3.05) is 0 Å². The zero-order valence-electron chi connectivity index (χ0n) is 10.9. The van der Waals surface area contributed by atoms with Crippen LogP contribution in [0, 0.1) is 18.6 Å². The van der Waals surface area contributed by atoms with E-state index in [4.69, 9.17) is 0 Å². The summed E-state index contributed by atoms with van der Waals surface area (Å²) in [5.41, 5.74) is -1.24. The first-order valence-corrected chi connectivity index (χ1v) is 6.01. The highest BCUT2D eigenvalue weighted by Crippen LogP contribution is 2.33. The van der Waals surface area contributed by atoms with Crippen LogP contribution in [0.5, 0.6) is 0 Å². The van der Waals surface area contributed by atoms with E-state index in [0.717, 1.165) is 6.07 Å². The largest absolute Gasteiger partial charge is 0.416 e. The van der Waals surface area contributed by atoms with Crippen LogP contribution in [0.25, 0.3) is 0 Å². The van der Waals surface area contributed by atoms with Gasteiger partial charge in [-0.3, -0.25) is 0 Å². The van der Waals surface area contributed by atoms with Crippen LogP contribution in [0.2, 0.25) is 0 Å². The molecule has 1 unspecified atom stereocenters. The molecule has 0 saturated carbocycles. The lowest BCUT2D eigenvalue weighted by Crippen LogP contribution is -2.09. The molecule has 0 radical (unpaired) electrons. The van der Waals surface area contributed by atoms with Crippen LogP contribution in [-0.2, 0) is 6.18 Å². The van der Waals surface area contributed by atoms with Crippen molar-refractivity contribution in [2.45, 2.75) is 19.2 Å². The van der Waals surface area contributed by atoms with E-state index in [1.54, 1.807) is 0 Å². The normalized spacial score (nSPS) is 13.3. The molecule has 0 aromatic heterocycles. The zero-order chi connectivity index (χ0) is 15.8. The van der Waals surface area contributed by atoms with Crippen molar-refractivity contribution in [1.29, 1.82) is 0 Å². The first kappa shape index (κ1) is 15.4. The van der Waals surface area contributed by atoms with E-state index < -0.39 is 35.0 Å². The molecule has 1 atom stereocenters. The van der Waals surface area contributed by atoms with Gasteiger partial charge in [0.15, 0.2) is 0 Å². The van der Waals surface area contributed by atoms with E-state index in [-0.39, 0.29) is 11.1 Å². The summed E-state index contributed by atoms with van der Waals surface area (Å²) in [4.78, 5) is 0. The highest BCUT2D eigenvalue weighted by atomic mass is 19.4. The van der Waals surface area contributed by atoms with Gasteiger partial charge in [-0.15, -0.1) is 0 Å². The molecule has 0 fully saturated rings. The Kier molecular flexibility index (Phi) is 4.00. The molecule has 0 spiro atoms. The molecule has 0 aliphatic carbocycles. The minimum atomic E-state index is -4.64. The Hall–Kier alpha value is -1.95. The lowest BCUT2D eigenvalue weighted by Gasteiger charge is -2.15. The molecule has 2 aromatic carbocycles. The molecule has 2 aromatic rings. The van der Waals surface area contributed by atoms with Gasteiger partial charge in [-0.25, -0.2) is 8.78 Å². The van der Waals surface area contributed by atoms with Crippen molar-refractivity contribution in [3.63, 3.8) is 0 Å². The van der Waals surface area contributed by atoms with Gasteiger partial charge in [-0.2, -0.15) is 13.2 Å². The fourth-order valence-electron chi connectivity index (χ4n) is 1.95. The number of aliphatic hydroxyl groups is 1. The van der Waals surface area contributed by atoms with Crippen molar-refractivity contribution < 1.29 is 27.1 Å². The second kappa shape index (κ2) is 5.44. The quantitative estimate of drug-likeness (QED) is 0.817. The molecule has 0 saturated heterocycles. The smallest absolute Gasteiger partial charge is 0.384 e. The van der Waals surface area contributed by atoms with Crippen LogP contribution >= 0.6 is 0 Å². The van der Waals surface area contributed by atoms with Crippen LogP contribution in [0.3, 0.4) is 0 Å². The van der Waals surface area contributed by atoms with E-state index >= 15 is 0 Å². The predicted octanol–water partition coefficient (Wildman–Crippen LogP) is 4.37. The molecule has 112 valence electrons. The van der Waals surface area contributed by atoms with Crippen LogP contribution in [-0.4, -0.2) is 5.11 Å². The van der Waals surface area contributed by atoms with Gasteiger partial charge in [-0.05, 0) is 42.3 Å². The molecule has 0 amide bonds. The third-order valence-electron chi connectivity index (χ3n) is 3.12. The fraction of sp³-hybridized carbons (Fsp3) is 0.200. The lowest BCUT2D eigenvalue weighted by molar-refractivity contribution is -0.137. The summed E-state index contributed by atoms with van der Waals surface area (Å²) in [5.74, 6) is -1.48. The standard InChI is InChI=1S/C15H11F5O/c1-8-6-9(2-4-12(8)16)14(21)11-7-10(15(18,19)20)3-5-13(11)17/h2-7,14,21H,1H3. The maximum atomic E-state index is 13.7. The van der Waals surface area contributed by atoms with E-state index in [2.05, 4.69) is 0 Å². The number of alkyl halides is 3. The molecular weight excluding hydrogens is 291 g/mol. The number of hydrogen-bond acceptors (Lipinski definition) is 1. The van der Waals surface area contributed by atoms with Gasteiger partial charge >= 0.3 is 6.18 Å². The molecular formula is C15H11F5O. The number of hydrogen-bond donors (Lipinski definition) is 1. The second-order valence-electron chi connectivity index (χ2n) is 4.65. The van der Waals surface area contributed by atoms with Crippen LogP contribution in [0.4, 0.5) is 22.0 Å². The lowest BCUT2D eigenvalue weighted by atomic mass is 9.97. The van der Waals surface area contributed by atoms with Crippen molar-refractivity contribution in [1.82, 2.24) is 0 Å². The summed E-state index contributed by atoms with van der Waals surface area (Å²) in [6.07, 6.45) is -6.24. The Morgan fingerprint density at radius 2 is 1.57 bits per heavy atom. The summed E-state index contributed by atoms with van der Waals surface area (Å²) in [7, 11) is 0. The first-order valence-electron chi connectivity index (χ1n) is 6.01. The third kappa shape index (κ3) is 3.21. The highest BCUT2D eigenvalue weighted by Gasteiger charge is 2.32. The van der Waals surface area contributed by atoms with E-state index in [1.165, 1.54) is 19.1 Å². The Morgan fingerprint density at radius 3 is 2.14 bits per heavy atom. The monoisotopic (exact) mass is 302 g/mol. The van der Waals surface area contributed by atoms with Gasteiger partial charge in [0.1, 0.15) is 17.7 Å². The minimum absolute atomic E-state index is 0.118. The predicted molar refractivity (Wildman–Crippen MR) is 66.6 cm³/mol. The molecule has 0 heterocycles. The second-order valence-corrected chi connectivity index (χ2v) is 4.65. The van der Waals surface area contributed by atoms with Crippen LogP contribution in [0.15, 0.2) is 36.4 Å². The molecule has 0 aliphatic rings. The molecule has 2 rings (SSSR count). The molecule has 6 heteroatoms. The molecule has 0 aliphatic heterocycles. The highest BCUT2D eigenvalue weighted by molar-refractivity contribution is 5.36. The molecule has 1 N–H and O–H groups in total. The van der Waals surface area contributed by atoms with Gasteiger partial charge in [0.2, 0.25) is 0 Å². The number of aliphatic hydroxyl groups excluding tert-OH is 1. The van der Waals surface area contributed by atoms with Gasteiger partial charge in [0.25, 0.3) is 0 Å². The minimum Gasteiger partial charge on any atom is -0.384 e. The van der Waals surface area contributed by atoms with Crippen LogP contribution < -0.4 is 0 Å². The average molecular weight is 302 g/mol. The van der Waals surface area contributed by atoms with Crippen molar-refractivity contribution in [3.05, 3.63) is 70.3 Å².